The summed E-state index contributed by atoms with van der Waals surface area (Å²) in [4.78, 5) is 6.95. The molecule has 0 aliphatic heterocycles. The van der Waals surface area contributed by atoms with E-state index in [1.807, 2.05) is 46.2 Å². The summed E-state index contributed by atoms with van der Waals surface area (Å²) in [5, 5.41) is 12.6. The van der Waals surface area contributed by atoms with Gasteiger partial charge >= 0.3 is 0 Å². The average Bonchev–Trinajstić information content (AvgIpc) is 2.80. The molecule has 1 heterocycles. The van der Waals surface area contributed by atoms with Gasteiger partial charge in [-0.3, -0.25) is 0 Å². The molecule has 0 spiro atoms. The Bertz CT molecular complexity index is 1220. The predicted molar refractivity (Wildman–Crippen MR) is 139 cm³/mol. The summed E-state index contributed by atoms with van der Waals surface area (Å²) in [5.41, 5.74) is 5.53. The fourth-order valence-electron chi connectivity index (χ4n) is 4.09. The molecule has 3 rings (SSSR count). The molecule has 5 nitrogen and oxygen atoms in total. The lowest BCUT2D eigenvalue weighted by Crippen LogP contribution is -2.36. The predicted octanol–water partition coefficient (Wildman–Crippen LogP) is 4.71. The molecule has 0 fully saturated rings. The molecule has 0 saturated carbocycles. The molecule has 2 aromatic rings. The van der Waals surface area contributed by atoms with Crippen LogP contribution in [-0.2, 0) is 17.9 Å². The smallest absolute Gasteiger partial charge is 0.123 e. The van der Waals surface area contributed by atoms with Crippen LogP contribution in [-0.4, -0.2) is 29.7 Å². The number of hydrogen-bond donors (Lipinski definition) is 2. The molecule has 1 aliphatic carbocycles. The van der Waals surface area contributed by atoms with E-state index in [9.17, 15) is 4.39 Å². The Hall–Kier alpha value is -3.25. The third kappa shape index (κ3) is 6.41. The zero-order chi connectivity index (χ0) is 24.7. The first-order valence-corrected chi connectivity index (χ1v) is 11.7. The number of allylic oxidation sites excluding steroid dienone is 1. The van der Waals surface area contributed by atoms with Crippen molar-refractivity contribution >= 4 is 23.7 Å². The minimum absolute atomic E-state index is 0.222. The van der Waals surface area contributed by atoms with Crippen molar-refractivity contribution in [1.82, 2.24) is 9.88 Å². The lowest BCUT2D eigenvalue weighted by atomic mass is 10.0. The highest BCUT2D eigenvalue weighted by Gasteiger charge is 2.15. The largest absolute Gasteiger partial charge is 0.491 e. The SMILES string of the molecule is C=CCCN(C)Cc1cc(F)cc(C)c1COC1=c2nc(C)cc(N/C=C(/C)C=N)c2=CCC1. The van der Waals surface area contributed by atoms with Crippen molar-refractivity contribution in [2.24, 2.45) is 0 Å². The molecular formula is C28H35FN4O. The van der Waals surface area contributed by atoms with E-state index >= 15 is 0 Å². The second kappa shape index (κ2) is 11.7. The summed E-state index contributed by atoms with van der Waals surface area (Å²) in [7, 11) is 2.03. The van der Waals surface area contributed by atoms with Crippen LogP contribution in [0.5, 0.6) is 0 Å². The number of halogens is 1. The van der Waals surface area contributed by atoms with E-state index < -0.39 is 0 Å². The van der Waals surface area contributed by atoms with Gasteiger partial charge in [0.1, 0.15) is 23.5 Å². The maximum absolute atomic E-state index is 14.2. The Morgan fingerprint density at radius 1 is 1.32 bits per heavy atom. The molecule has 0 unspecified atom stereocenters. The molecule has 0 bridgehead atoms. The van der Waals surface area contributed by atoms with Crippen LogP contribution in [0, 0.1) is 25.1 Å². The fourth-order valence-corrected chi connectivity index (χ4v) is 4.09. The van der Waals surface area contributed by atoms with Gasteiger partial charge in [-0.15, -0.1) is 6.58 Å². The molecule has 2 N–H and O–H groups in total. The van der Waals surface area contributed by atoms with Crippen LogP contribution in [0.1, 0.15) is 48.6 Å². The van der Waals surface area contributed by atoms with Gasteiger partial charge < -0.3 is 20.4 Å². The molecule has 6 heteroatoms. The van der Waals surface area contributed by atoms with E-state index in [4.69, 9.17) is 15.1 Å². The quantitative estimate of drug-likeness (QED) is 0.375. The highest BCUT2D eigenvalue weighted by Crippen LogP contribution is 2.22. The van der Waals surface area contributed by atoms with Crippen LogP contribution in [0.25, 0.3) is 11.8 Å². The Labute approximate surface area is 201 Å². The summed E-state index contributed by atoms with van der Waals surface area (Å²) < 4.78 is 20.6. The van der Waals surface area contributed by atoms with E-state index in [1.54, 1.807) is 12.1 Å². The normalized spacial score (nSPS) is 13.4. The lowest BCUT2D eigenvalue weighted by molar-refractivity contribution is 0.243. The van der Waals surface area contributed by atoms with Gasteiger partial charge in [0.05, 0.1) is 0 Å². The van der Waals surface area contributed by atoms with Crippen LogP contribution in [0.4, 0.5) is 10.1 Å². The van der Waals surface area contributed by atoms with Gasteiger partial charge in [-0.1, -0.05) is 12.2 Å². The van der Waals surface area contributed by atoms with Crippen LogP contribution in [0.15, 0.2) is 42.6 Å². The summed E-state index contributed by atoms with van der Waals surface area (Å²) >= 11 is 0. The summed E-state index contributed by atoms with van der Waals surface area (Å²) in [5.74, 6) is 0.631. The van der Waals surface area contributed by atoms with E-state index in [1.165, 1.54) is 6.21 Å². The first kappa shape index (κ1) is 25.4. The van der Waals surface area contributed by atoms with Crippen LogP contribution in [0.2, 0.25) is 0 Å². The molecule has 0 saturated heterocycles. The number of nitrogens with zero attached hydrogens (tertiary/aromatic N) is 2. The number of rotatable bonds is 11. The van der Waals surface area contributed by atoms with Gasteiger partial charge in [-0.05, 0) is 81.1 Å². The van der Waals surface area contributed by atoms with Crippen LogP contribution >= 0.6 is 0 Å². The van der Waals surface area contributed by atoms with Crippen LogP contribution in [0.3, 0.4) is 0 Å². The van der Waals surface area contributed by atoms with Gasteiger partial charge in [-0.25, -0.2) is 9.37 Å². The number of ether oxygens (including phenoxy) is 1. The van der Waals surface area contributed by atoms with Gasteiger partial charge in [-0.2, -0.15) is 0 Å². The maximum Gasteiger partial charge on any atom is 0.123 e. The molecule has 1 aromatic heterocycles. The number of hydrogen-bond acceptors (Lipinski definition) is 5. The molecular weight excluding hydrogens is 427 g/mol. The van der Waals surface area contributed by atoms with Crippen molar-refractivity contribution in [2.45, 2.75) is 53.2 Å². The summed E-state index contributed by atoms with van der Waals surface area (Å²) in [6.45, 7) is 11.4. The number of benzene rings is 1. The standard InChI is InChI=1S/C28H35FN4O/c1-6-7-11-33(5)17-22-14-23(29)12-20(3)25(22)18-34-27-10-8-9-24-26(31-16-19(2)15-30)13-21(4)32-28(24)27/h6,9,12-16,30-31H,1,7-8,10-11,17-18H2,2-5H3/b19-16-,30-15?. The number of aryl methyl sites for hydroxylation is 2. The van der Waals surface area contributed by atoms with Crippen molar-refractivity contribution in [2.75, 3.05) is 18.9 Å². The van der Waals surface area contributed by atoms with Crippen molar-refractivity contribution in [3.8, 4) is 0 Å². The lowest BCUT2D eigenvalue weighted by Gasteiger charge is -2.21. The highest BCUT2D eigenvalue weighted by molar-refractivity contribution is 5.75. The molecule has 0 atom stereocenters. The molecule has 34 heavy (non-hydrogen) atoms. The summed E-state index contributed by atoms with van der Waals surface area (Å²) in [6, 6.07) is 5.20. The summed E-state index contributed by atoms with van der Waals surface area (Å²) in [6.07, 6.45) is 9.72. The number of nitrogens with one attached hydrogen (secondary N) is 2. The zero-order valence-corrected chi connectivity index (χ0v) is 20.7. The van der Waals surface area contributed by atoms with Gasteiger partial charge in [0.2, 0.25) is 0 Å². The fraction of sp³-hybridized carbons (Fsp3) is 0.357. The Kier molecular flexibility index (Phi) is 8.77. The number of anilines is 1. The monoisotopic (exact) mass is 462 g/mol. The molecule has 0 amide bonds. The number of fused-ring (bicyclic) bond motifs is 1. The minimum atomic E-state index is -0.222. The zero-order valence-electron chi connectivity index (χ0n) is 20.7. The Morgan fingerprint density at radius 3 is 2.85 bits per heavy atom. The van der Waals surface area contributed by atoms with Crippen molar-refractivity contribution in [3.63, 3.8) is 0 Å². The van der Waals surface area contributed by atoms with E-state index in [2.05, 4.69) is 22.9 Å². The highest BCUT2D eigenvalue weighted by atomic mass is 19.1. The Morgan fingerprint density at radius 2 is 2.12 bits per heavy atom. The second-order valence-electron chi connectivity index (χ2n) is 8.88. The third-order valence-electron chi connectivity index (χ3n) is 5.93. The first-order chi connectivity index (χ1) is 16.3. The topological polar surface area (TPSA) is 61.2 Å². The van der Waals surface area contributed by atoms with Crippen molar-refractivity contribution < 1.29 is 9.13 Å². The molecule has 180 valence electrons. The van der Waals surface area contributed by atoms with Gasteiger partial charge in [0.25, 0.3) is 0 Å². The minimum Gasteiger partial charge on any atom is -0.491 e. The van der Waals surface area contributed by atoms with E-state index in [0.29, 0.717) is 13.2 Å². The van der Waals surface area contributed by atoms with Crippen molar-refractivity contribution in [3.05, 3.63) is 81.4 Å². The number of pyridine rings is 1. The maximum atomic E-state index is 14.2. The molecule has 1 aromatic carbocycles. The third-order valence-corrected chi connectivity index (χ3v) is 5.93. The average molecular weight is 463 g/mol. The van der Waals surface area contributed by atoms with Gasteiger partial charge in [0.15, 0.2) is 0 Å². The molecule has 0 radical (unpaired) electrons. The molecule has 1 aliphatic rings. The van der Waals surface area contributed by atoms with E-state index in [0.717, 1.165) is 75.8 Å². The van der Waals surface area contributed by atoms with Crippen molar-refractivity contribution in [1.29, 1.82) is 5.41 Å². The first-order valence-electron chi connectivity index (χ1n) is 11.7. The van der Waals surface area contributed by atoms with E-state index in [-0.39, 0.29) is 5.82 Å². The Balaban J connectivity index is 1.93. The van der Waals surface area contributed by atoms with Gasteiger partial charge in [0, 0.05) is 48.5 Å². The van der Waals surface area contributed by atoms with Crippen LogP contribution < -0.4 is 15.9 Å². The second-order valence-corrected chi connectivity index (χ2v) is 8.88. The number of aromatic nitrogens is 1.